The van der Waals surface area contributed by atoms with E-state index in [0.29, 0.717) is 18.8 Å². The third-order valence-electron chi connectivity index (χ3n) is 3.23. The largest absolute Gasteiger partial charge is 0.465 e. The van der Waals surface area contributed by atoms with Crippen LogP contribution in [0.4, 0.5) is 0 Å². The molecule has 1 aliphatic rings. The van der Waals surface area contributed by atoms with Crippen LogP contribution in [-0.4, -0.2) is 35.8 Å². The van der Waals surface area contributed by atoms with E-state index in [1.165, 1.54) is 6.08 Å². The van der Waals surface area contributed by atoms with Crippen LogP contribution in [-0.2, 0) is 9.59 Å². The lowest BCUT2D eigenvalue weighted by Crippen LogP contribution is -2.45. The summed E-state index contributed by atoms with van der Waals surface area (Å²) in [7, 11) is 0. The molecule has 1 fully saturated rings. The first-order valence-electron chi connectivity index (χ1n) is 6.43. The van der Waals surface area contributed by atoms with Crippen LogP contribution in [0.1, 0.15) is 25.5 Å². The molecule has 5 nitrogen and oxygen atoms in total. The summed E-state index contributed by atoms with van der Waals surface area (Å²) in [4.78, 5) is 24.7. The lowest BCUT2D eigenvalue weighted by atomic mass is 10.1. The normalized spacial score (nSPS) is 16.8. The van der Waals surface area contributed by atoms with E-state index in [0.717, 1.165) is 12.8 Å². The highest BCUT2D eigenvalue weighted by molar-refractivity contribution is 5.91. The molecule has 1 saturated heterocycles. The standard InChI is InChI=1S/C14H18N2O3/c1-11(17)16-8-6-12(7-9-16)15-14(18)5-4-13-3-2-10-19-13/h2-5,10,12H,6-9H2,1H3,(H,15,18)/b5-4+. The number of carbonyl (C=O) groups is 2. The van der Waals surface area contributed by atoms with E-state index < -0.39 is 0 Å². The zero-order chi connectivity index (χ0) is 13.7. The van der Waals surface area contributed by atoms with Crippen LogP contribution in [0.15, 0.2) is 28.9 Å². The highest BCUT2D eigenvalue weighted by Crippen LogP contribution is 2.10. The Balaban J connectivity index is 1.76. The topological polar surface area (TPSA) is 62.6 Å². The van der Waals surface area contributed by atoms with Crippen LogP contribution in [0.25, 0.3) is 6.08 Å². The lowest BCUT2D eigenvalue weighted by molar-refractivity contribution is -0.129. The van der Waals surface area contributed by atoms with Gasteiger partial charge in [-0.2, -0.15) is 0 Å². The van der Waals surface area contributed by atoms with Gasteiger partial charge in [-0.25, -0.2) is 0 Å². The Bertz CT molecular complexity index is 457. The second kappa shape index (κ2) is 6.22. The van der Waals surface area contributed by atoms with Gasteiger partial charge in [0.25, 0.3) is 0 Å². The first kappa shape index (κ1) is 13.4. The minimum atomic E-state index is -0.127. The van der Waals surface area contributed by atoms with Gasteiger partial charge in [-0.15, -0.1) is 0 Å². The van der Waals surface area contributed by atoms with Gasteiger partial charge in [0.2, 0.25) is 11.8 Å². The summed E-state index contributed by atoms with van der Waals surface area (Å²) in [6, 6.07) is 3.70. The van der Waals surface area contributed by atoms with Gasteiger partial charge < -0.3 is 14.6 Å². The number of nitrogens with zero attached hydrogens (tertiary/aromatic N) is 1. The SMILES string of the molecule is CC(=O)N1CCC(NC(=O)/C=C/c2ccco2)CC1. The van der Waals surface area contributed by atoms with E-state index in [1.54, 1.807) is 36.3 Å². The summed E-state index contributed by atoms with van der Waals surface area (Å²) in [5.41, 5.74) is 0. The molecule has 0 radical (unpaired) electrons. The predicted octanol–water partition coefficient (Wildman–Crippen LogP) is 1.42. The maximum absolute atomic E-state index is 11.7. The van der Waals surface area contributed by atoms with Crippen molar-refractivity contribution in [3.05, 3.63) is 30.2 Å². The molecule has 2 amide bonds. The maximum Gasteiger partial charge on any atom is 0.244 e. The average molecular weight is 262 g/mol. The van der Waals surface area contributed by atoms with Crippen LogP contribution >= 0.6 is 0 Å². The molecule has 0 unspecified atom stereocenters. The Morgan fingerprint density at radius 1 is 1.42 bits per heavy atom. The number of hydrogen-bond acceptors (Lipinski definition) is 3. The molecule has 0 aliphatic carbocycles. The smallest absolute Gasteiger partial charge is 0.244 e. The molecule has 0 bridgehead atoms. The third-order valence-corrected chi connectivity index (χ3v) is 3.23. The molecule has 1 aliphatic heterocycles. The summed E-state index contributed by atoms with van der Waals surface area (Å²) < 4.78 is 5.10. The van der Waals surface area contributed by atoms with Crippen molar-refractivity contribution in [1.29, 1.82) is 0 Å². The van der Waals surface area contributed by atoms with Crippen molar-refractivity contribution in [1.82, 2.24) is 10.2 Å². The molecule has 19 heavy (non-hydrogen) atoms. The monoisotopic (exact) mass is 262 g/mol. The van der Waals surface area contributed by atoms with Crippen LogP contribution in [0.3, 0.4) is 0 Å². The zero-order valence-electron chi connectivity index (χ0n) is 11.0. The van der Waals surface area contributed by atoms with Gasteiger partial charge in [-0.1, -0.05) is 0 Å². The van der Waals surface area contributed by atoms with Gasteiger partial charge in [0, 0.05) is 32.1 Å². The van der Waals surface area contributed by atoms with Crippen LogP contribution in [0.5, 0.6) is 0 Å². The van der Waals surface area contributed by atoms with E-state index in [-0.39, 0.29) is 17.9 Å². The van der Waals surface area contributed by atoms with Crippen molar-refractivity contribution in [3.63, 3.8) is 0 Å². The van der Waals surface area contributed by atoms with E-state index in [9.17, 15) is 9.59 Å². The molecular formula is C14H18N2O3. The van der Waals surface area contributed by atoms with Crippen molar-refractivity contribution in [3.8, 4) is 0 Å². The fourth-order valence-electron chi connectivity index (χ4n) is 2.13. The first-order chi connectivity index (χ1) is 9.15. The summed E-state index contributed by atoms with van der Waals surface area (Å²) in [5.74, 6) is 0.627. The van der Waals surface area contributed by atoms with Gasteiger partial charge in [-0.3, -0.25) is 9.59 Å². The van der Waals surface area contributed by atoms with Crippen LogP contribution in [0, 0.1) is 0 Å². The Hall–Kier alpha value is -2.04. The molecule has 0 atom stereocenters. The van der Waals surface area contributed by atoms with Crippen molar-refractivity contribution in [2.24, 2.45) is 0 Å². The predicted molar refractivity (Wildman–Crippen MR) is 71.2 cm³/mol. The van der Waals surface area contributed by atoms with Crippen LogP contribution in [0.2, 0.25) is 0 Å². The Kier molecular flexibility index (Phi) is 4.39. The van der Waals surface area contributed by atoms with Gasteiger partial charge in [-0.05, 0) is 31.1 Å². The van der Waals surface area contributed by atoms with Crippen molar-refractivity contribution in [2.75, 3.05) is 13.1 Å². The maximum atomic E-state index is 11.7. The number of rotatable bonds is 3. The number of furan rings is 1. The van der Waals surface area contributed by atoms with E-state index in [4.69, 9.17) is 4.42 Å². The molecule has 102 valence electrons. The molecule has 1 aromatic heterocycles. The van der Waals surface area contributed by atoms with E-state index in [2.05, 4.69) is 5.32 Å². The highest BCUT2D eigenvalue weighted by Gasteiger charge is 2.21. The van der Waals surface area contributed by atoms with Crippen molar-refractivity contribution >= 4 is 17.9 Å². The summed E-state index contributed by atoms with van der Waals surface area (Å²) in [6.07, 6.45) is 6.28. The summed E-state index contributed by atoms with van der Waals surface area (Å²) in [6.45, 7) is 3.00. The molecule has 0 spiro atoms. The van der Waals surface area contributed by atoms with Gasteiger partial charge >= 0.3 is 0 Å². The van der Waals surface area contributed by atoms with Crippen LogP contribution < -0.4 is 5.32 Å². The van der Waals surface area contributed by atoms with E-state index in [1.807, 2.05) is 0 Å². The number of hydrogen-bond donors (Lipinski definition) is 1. The lowest BCUT2D eigenvalue weighted by Gasteiger charge is -2.31. The number of amides is 2. The average Bonchev–Trinajstić information content (AvgIpc) is 2.90. The Morgan fingerprint density at radius 3 is 2.74 bits per heavy atom. The van der Waals surface area contributed by atoms with Gasteiger partial charge in [0.15, 0.2) is 0 Å². The van der Waals surface area contributed by atoms with Gasteiger partial charge in [0.1, 0.15) is 5.76 Å². The Labute approximate surface area is 112 Å². The summed E-state index contributed by atoms with van der Waals surface area (Å²) >= 11 is 0. The number of likely N-dealkylation sites (tertiary alicyclic amines) is 1. The molecule has 0 aromatic carbocycles. The number of nitrogens with one attached hydrogen (secondary N) is 1. The molecule has 1 N–H and O–H groups in total. The molecule has 2 heterocycles. The molecule has 2 rings (SSSR count). The third kappa shape index (κ3) is 3.98. The van der Waals surface area contributed by atoms with Crippen molar-refractivity contribution < 1.29 is 14.0 Å². The fraction of sp³-hybridized carbons (Fsp3) is 0.429. The second-order valence-corrected chi connectivity index (χ2v) is 4.64. The zero-order valence-corrected chi connectivity index (χ0v) is 11.0. The number of carbonyl (C=O) groups excluding carboxylic acids is 2. The second-order valence-electron chi connectivity index (χ2n) is 4.64. The molecule has 5 heteroatoms. The number of piperidine rings is 1. The Morgan fingerprint density at radius 2 is 2.16 bits per heavy atom. The highest BCUT2D eigenvalue weighted by atomic mass is 16.3. The minimum Gasteiger partial charge on any atom is -0.465 e. The van der Waals surface area contributed by atoms with E-state index >= 15 is 0 Å². The molecule has 1 aromatic rings. The summed E-state index contributed by atoms with van der Waals surface area (Å²) in [5, 5.41) is 2.94. The molecular weight excluding hydrogens is 244 g/mol. The first-order valence-corrected chi connectivity index (χ1v) is 6.43. The quantitative estimate of drug-likeness (QED) is 0.838. The molecule has 0 saturated carbocycles. The van der Waals surface area contributed by atoms with Crippen molar-refractivity contribution in [2.45, 2.75) is 25.8 Å². The fourth-order valence-corrected chi connectivity index (χ4v) is 2.13. The van der Waals surface area contributed by atoms with Gasteiger partial charge in [0.05, 0.1) is 6.26 Å². The minimum absolute atomic E-state index is 0.0995.